The third kappa shape index (κ3) is 3.95. The van der Waals surface area contributed by atoms with E-state index in [0.29, 0.717) is 40.6 Å². The molecular weight excluding hydrogens is 404 g/mol. The molecular formula is C26H24N2O4. The molecule has 2 amide bonds. The summed E-state index contributed by atoms with van der Waals surface area (Å²) in [7, 11) is 1.52. The van der Waals surface area contributed by atoms with Crippen molar-refractivity contribution in [2.75, 3.05) is 23.9 Å². The van der Waals surface area contributed by atoms with E-state index in [1.54, 1.807) is 18.2 Å². The third-order valence-corrected chi connectivity index (χ3v) is 5.14. The van der Waals surface area contributed by atoms with Gasteiger partial charge in [-0.05, 0) is 49.2 Å². The van der Waals surface area contributed by atoms with E-state index in [0.717, 1.165) is 5.56 Å². The summed E-state index contributed by atoms with van der Waals surface area (Å²) in [6.07, 6.45) is 0. The Hall–Kier alpha value is -4.06. The van der Waals surface area contributed by atoms with E-state index >= 15 is 0 Å². The molecule has 0 atom stereocenters. The van der Waals surface area contributed by atoms with Crippen LogP contribution in [-0.4, -0.2) is 25.5 Å². The zero-order valence-corrected chi connectivity index (χ0v) is 18.2. The molecule has 6 nitrogen and oxygen atoms in total. The number of rotatable bonds is 7. The van der Waals surface area contributed by atoms with Crippen LogP contribution in [0.25, 0.3) is 5.57 Å². The average Bonchev–Trinajstić information content (AvgIpc) is 3.04. The minimum atomic E-state index is -0.445. The number of nitrogens with zero attached hydrogens (tertiary/aromatic N) is 1. The van der Waals surface area contributed by atoms with Crippen LogP contribution in [0, 0.1) is 6.92 Å². The molecule has 0 saturated heterocycles. The van der Waals surface area contributed by atoms with Gasteiger partial charge in [0.05, 0.1) is 25.0 Å². The van der Waals surface area contributed by atoms with Gasteiger partial charge < -0.3 is 14.8 Å². The fourth-order valence-electron chi connectivity index (χ4n) is 3.69. The monoisotopic (exact) mass is 428 g/mol. The van der Waals surface area contributed by atoms with Gasteiger partial charge in [-0.2, -0.15) is 0 Å². The molecule has 6 heteroatoms. The van der Waals surface area contributed by atoms with Gasteiger partial charge in [-0.3, -0.25) is 9.59 Å². The number of anilines is 2. The summed E-state index contributed by atoms with van der Waals surface area (Å²) in [6.45, 7) is 4.33. The average molecular weight is 428 g/mol. The van der Waals surface area contributed by atoms with Gasteiger partial charge in [0.25, 0.3) is 11.8 Å². The number of hydrogen-bond donors (Lipinski definition) is 1. The quantitative estimate of drug-likeness (QED) is 0.548. The molecule has 0 radical (unpaired) electrons. The lowest BCUT2D eigenvalue weighted by atomic mass is 10.0. The molecule has 0 fully saturated rings. The van der Waals surface area contributed by atoms with Gasteiger partial charge in [0.2, 0.25) is 0 Å². The largest absolute Gasteiger partial charge is 0.495 e. The number of ether oxygens (including phenoxy) is 2. The van der Waals surface area contributed by atoms with Gasteiger partial charge in [0, 0.05) is 11.8 Å². The molecule has 0 aromatic heterocycles. The fraction of sp³-hybridized carbons (Fsp3) is 0.154. The topological polar surface area (TPSA) is 67.9 Å². The minimum Gasteiger partial charge on any atom is -0.495 e. The van der Waals surface area contributed by atoms with Crippen molar-refractivity contribution in [2.45, 2.75) is 13.8 Å². The van der Waals surface area contributed by atoms with Crippen LogP contribution in [0.15, 0.2) is 78.5 Å². The Morgan fingerprint density at radius 1 is 0.906 bits per heavy atom. The highest BCUT2D eigenvalue weighted by Crippen LogP contribution is 2.38. The summed E-state index contributed by atoms with van der Waals surface area (Å²) in [5, 5.41) is 3.17. The molecule has 0 bridgehead atoms. The number of amides is 2. The third-order valence-electron chi connectivity index (χ3n) is 5.14. The summed E-state index contributed by atoms with van der Waals surface area (Å²) in [6, 6.07) is 21.9. The Balaban J connectivity index is 1.82. The highest BCUT2D eigenvalue weighted by atomic mass is 16.5. The minimum absolute atomic E-state index is 0.207. The fourth-order valence-corrected chi connectivity index (χ4v) is 3.69. The Bertz CT molecular complexity index is 1200. The van der Waals surface area contributed by atoms with Crippen LogP contribution < -0.4 is 19.7 Å². The number of imide groups is 1. The van der Waals surface area contributed by atoms with Gasteiger partial charge in [-0.1, -0.05) is 42.5 Å². The van der Waals surface area contributed by atoms with Crippen molar-refractivity contribution < 1.29 is 19.1 Å². The van der Waals surface area contributed by atoms with Gasteiger partial charge in [0.15, 0.2) is 0 Å². The highest BCUT2D eigenvalue weighted by Gasteiger charge is 2.41. The molecule has 32 heavy (non-hydrogen) atoms. The first-order chi connectivity index (χ1) is 15.5. The number of methoxy groups -OCH3 is 1. The maximum Gasteiger partial charge on any atom is 0.282 e. The van der Waals surface area contributed by atoms with E-state index in [-0.39, 0.29) is 5.70 Å². The van der Waals surface area contributed by atoms with Crippen molar-refractivity contribution in [2.24, 2.45) is 0 Å². The van der Waals surface area contributed by atoms with Crippen molar-refractivity contribution in [3.8, 4) is 11.5 Å². The van der Waals surface area contributed by atoms with E-state index in [1.165, 1.54) is 12.0 Å². The molecule has 1 heterocycles. The maximum atomic E-state index is 13.6. The molecule has 3 aromatic rings. The number of carbonyl (C=O) groups excluding carboxylic acids is 2. The van der Waals surface area contributed by atoms with Crippen LogP contribution >= 0.6 is 0 Å². The lowest BCUT2D eigenvalue weighted by Crippen LogP contribution is -2.32. The smallest absolute Gasteiger partial charge is 0.282 e. The van der Waals surface area contributed by atoms with Crippen molar-refractivity contribution in [3.05, 3.63) is 89.6 Å². The van der Waals surface area contributed by atoms with E-state index < -0.39 is 11.8 Å². The van der Waals surface area contributed by atoms with E-state index in [2.05, 4.69) is 5.32 Å². The summed E-state index contributed by atoms with van der Waals surface area (Å²) in [5.41, 5.74) is 3.14. The molecule has 0 unspecified atom stereocenters. The first kappa shape index (κ1) is 21.2. The number of benzene rings is 3. The number of aryl methyl sites for hydroxylation is 1. The second-order valence-electron chi connectivity index (χ2n) is 7.32. The van der Waals surface area contributed by atoms with Crippen LogP contribution in [0.2, 0.25) is 0 Å². The Labute approximate surface area is 187 Å². The molecule has 1 N–H and O–H groups in total. The molecule has 0 aliphatic carbocycles. The molecule has 1 aliphatic heterocycles. The lowest BCUT2D eigenvalue weighted by molar-refractivity contribution is -0.120. The standard InChI is InChI=1S/C26H24N2O4/c1-4-32-20-12-8-11-19(16-20)27-24-23(18-9-6-5-7-10-18)25(29)28(26(24)30)21-15-17(2)13-14-22(21)31-3/h5-16,27H,4H2,1-3H3. The van der Waals surface area contributed by atoms with Crippen LogP contribution in [0.3, 0.4) is 0 Å². The predicted octanol–water partition coefficient (Wildman–Crippen LogP) is 4.80. The Kier molecular flexibility index (Phi) is 5.94. The van der Waals surface area contributed by atoms with Gasteiger partial charge in [-0.15, -0.1) is 0 Å². The van der Waals surface area contributed by atoms with Crippen molar-refractivity contribution in [1.82, 2.24) is 0 Å². The first-order valence-corrected chi connectivity index (χ1v) is 10.4. The normalized spacial score (nSPS) is 13.5. The van der Waals surface area contributed by atoms with Crippen LogP contribution in [0.5, 0.6) is 11.5 Å². The van der Waals surface area contributed by atoms with Crippen LogP contribution in [0.4, 0.5) is 11.4 Å². The molecule has 162 valence electrons. The van der Waals surface area contributed by atoms with Crippen molar-refractivity contribution >= 4 is 28.8 Å². The van der Waals surface area contributed by atoms with Crippen LogP contribution in [-0.2, 0) is 9.59 Å². The maximum absolute atomic E-state index is 13.6. The predicted molar refractivity (Wildman–Crippen MR) is 125 cm³/mol. The zero-order valence-electron chi connectivity index (χ0n) is 18.2. The second kappa shape index (κ2) is 8.98. The molecule has 4 rings (SSSR count). The van der Waals surface area contributed by atoms with E-state index in [4.69, 9.17) is 9.47 Å². The van der Waals surface area contributed by atoms with Crippen LogP contribution in [0.1, 0.15) is 18.1 Å². The van der Waals surface area contributed by atoms with Crippen molar-refractivity contribution in [1.29, 1.82) is 0 Å². The van der Waals surface area contributed by atoms with Gasteiger partial charge in [-0.25, -0.2) is 4.90 Å². The molecule has 3 aromatic carbocycles. The first-order valence-electron chi connectivity index (χ1n) is 10.4. The second-order valence-corrected chi connectivity index (χ2v) is 7.32. The summed E-state index contributed by atoms with van der Waals surface area (Å²) in [4.78, 5) is 28.4. The zero-order chi connectivity index (χ0) is 22.7. The van der Waals surface area contributed by atoms with E-state index in [9.17, 15) is 9.59 Å². The SMILES string of the molecule is CCOc1cccc(NC2=C(c3ccccc3)C(=O)N(c3cc(C)ccc3OC)C2=O)c1. The summed E-state index contributed by atoms with van der Waals surface area (Å²) >= 11 is 0. The lowest BCUT2D eigenvalue weighted by Gasteiger charge is -2.19. The van der Waals surface area contributed by atoms with Gasteiger partial charge >= 0.3 is 0 Å². The molecule has 1 aliphatic rings. The number of carbonyl (C=O) groups is 2. The number of hydrogen-bond acceptors (Lipinski definition) is 5. The summed E-state index contributed by atoms with van der Waals surface area (Å²) < 4.78 is 11.0. The molecule has 0 spiro atoms. The summed E-state index contributed by atoms with van der Waals surface area (Å²) in [5.74, 6) is 0.269. The Morgan fingerprint density at radius 2 is 1.69 bits per heavy atom. The number of nitrogens with one attached hydrogen (secondary N) is 1. The van der Waals surface area contributed by atoms with Gasteiger partial charge in [0.1, 0.15) is 17.2 Å². The Morgan fingerprint density at radius 3 is 2.41 bits per heavy atom. The highest BCUT2D eigenvalue weighted by molar-refractivity contribution is 6.46. The van der Waals surface area contributed by atoms with E-state index in [1.807, 2.05) is 68.4 Å². The molecule has 0 saturated carbocycles. The van der Waals surface area contributed by atoms with Crippen molar-refractivity contribution in [3.63, 3.8) is 0 Å².